The Morgan fingerprint density at radius 3 is 2.80 bits per heavy atom. The maximum absolute atomic E-state index is 10.8. The third-order valence-electron chi connectivity index (χ3n) is 2.77. The van der Waals surface area contributed by atoms with Crippen LogP contribution in [0, 0.1) is 10.1 Å². The van der Waals surface area contributed by atoms with Crippen LogP contribution in [-0.4, -0.2) is 12.0 Å². The summed E-state index contributed by atoms with van der Waals surface area (Å²) in [5.41, 5.74) is 7.22. The topological polar surface area (TPSA) is 78.4 Å². The highest BCUT2D eigenvalue weighted by atomic mass is 32.2. The summed E-state index contributed by atoms with van der Waals surface area (Å²) in [6.07, 6.45) is 0. The zero-order valence-electron chi connectivity index (χ0n) is 10.9. The second kappa shape index (κ2) is 6.29. The van der Waals surface area contributed by atoms with Crippen molar-refractivity contribution >= 4 is 23.1 Å². The molecule has 6 heteroatoms. The maximum atomic E-state index is 10.8. The van der Waals surface area contributed by atoms with Crippen molar-refractivity contribution in [1.29, 1.82) is 0 Å². The van der Waals surface area contributed by atoms with Gasteiger partial charge in [-0.3, -0.25) is 10.1 Å². The number of hydrogen-bond donors (Lipinski definition) is 1. The minimum absolute atomic E-state index is 0.0560. The van der Waals surface area contributed by atoms with Crippen LogP contribution in [0.4, 0.5) is 11.4 Å². The van der Waals surface area contributed by atoms with Crippen molar-refractivity contribution in [2.75, 3.05) is 12.8 Å². The number of benzene rings is 2. The van der Waals surface area contributed by atoms with Gasteiger partial charge in [-0.15, -0.1) is 11.8 Å². The van der Waals surface area contributed by atoms with Gasteiger partial charge in [0.25, 0.3) is 5.69 Å². The summed E-state index contributed by atoms with van der Waals surface area (Å²) in [7, 11) is 1.61. The summed E-state index contributed by atoms with van der Waals surface area (Å²) in [6, 6.07) is 12.1. The zero-order valence-corrected chi connectivity index (χ0v) is 11.7. The van der Waals surface area contributed by atoms with Gasteiger partial charge in [-0.1, -0.05) is 6.07 Å². The van der Waals surface area contributed by atoms with Gasteiger partial charge in [0.15, 0.2) is 0 Å². The number of methoxy groups -OCH3 is 1. The lowest BCUT2D eigenvalue weighted by atomic mass is 10.2. The van der Waals surface area contributed by atoms with Crippen molar-refractivity contribution in [3.05, 3.63) is 58.1 Å². The third kappa shape index (κ3) is 3.42. The maximum Gasteiger partial charge on any atom is 0.269 e. The number of nitrogens with two attached hydrogens (primary N) is 1. The third-order valence-corrected chi connectivity index (χ3v) is 3.82. The Morgan fingerprint density at radius 1 is 1.30 bits per heavy atom. The first-order valence-electron chi connectivity index (χ1n) is 5.90. The van der Waals surface area contributed by atoms with E-state index in [0.29, 0.717) is 11.4 Å². The average molecular weight is 290 g/mol. The number of nitro benzene ring substituents is 1. The molecular formula is C14H14N2O3S. The van der Waals surface area contributed by atoms with Crippen molar-refractivity contribution in [1.82, 2.24) is 0 Å². The molecule has 0 fully saturated rings. The van der Waals surface area contributed by atoms with Gasteiger partial charge >= 0.3 is 0 Å². The normalized spacial score (nSPS) is 10.2. The van der Waals surface area contributed by atoms with Crippen LogP contribution < -0.4 is 10.5 Å². The van der Waals surface area contributed by atoms with Gasteiger partial charge in [0.05, 0.1) is 12.0 Å². The van der Waals surface area contributed by atoms with E-state index < -0.39 is 4.92 Å². The van der Waals surface area contributed by atoms with Crippen molar-refractivity contribution < 1.29 is 9.66 Å². The molecule has 104 valence electrons. The molecule has 2 aromatic rings. The summed E-state index contributed by atoms with van der Waals surface area (Å²) in [5.74, 6) is 1.35. The Labute approximate surface area is 120 Å². The molecule has 0 amide bonds. The van der Waals surface area contributed by atoms with E-state index in [0.717, 1.165) is 16.2 Å². The number of thioether (sulfide) groups is 1. The van der Waals surface area contributed by atoms with Crippen LogP contribution in [0.15, 0.2) is 47.4 Å². The molecule has 0 aliphatic rings. The second-order valence-corrected chi connectivity index (χ2v) is 5.16. The largest absolute Gasteiger partial charge is 0.497 e. The fourth-order valence-corrected chi connectivity index (χ4v) is 2.63. The standard InChI is InChI=1S/C14H14N2O3S/c1-19-12-3-2-4-13(8-12)20-9-10-7-11(16(17)18)5-6-14(10)15/h2-8H,9,15H2,1H3. The molecule has 5 nitrogen and oxygen atoms in total. The summed E-state index contributed by atoms with van der Waals surface area (Å²) in [5, 5.41) is 10.8. The van der Waals surface area contributed by atoms with Gasteiger partial charge < -0.3 is 10.5 Å². The Hall–Kier alpha value is -2.21. The molecule has 0 aromatic heterocycles. The van der Waals surface area contributed by atoms with Gasteiger partial charge in [-0.05, 0) is 29.8 Å². The number of nitrogen functional groups attached to an aromatic ring is 1. The molecule has 2 rings (SSSR count). The number of anilines is 1. The number of non-ortho nitro benzene ring substituents is 1. The first-order valence-corrected chi connectivity index (χ1v) is 6.88. The fourth-order valence-electron chi connectivity index (χ4n) is 1.68. The van der Waals surface area contributed by atoms with Crippen LogP contribution in [0.2, 0.25) is 0 Å². The lowest BCUT2D eigenvalue weighted by Crippen LogP contribution is -1.95. The minimum Gasteiger partial charge on any atom is -0.497 e. The van der Waals surface area contributed by atoms with E-state index in [1.54, 1.807) is 24.9 Å². The van der Waals surface area contributed by atoms with E-state index in [2.05, 4.69) is 0 Å². The molecule has 0 heterocycles. The lowest BCUT2D eigenvalue weighted by Gasteiger charge is -2.07. The molecular weight excluding hydrogens is 276 g/mol. The molecule has 20 heavy (non-hydrogen) atoms. The van der Waals surface area contributed by atoms with Gasteiger partial charge in [0.1, 0.15) is 5.75 Å². The Morgan fingerprint density at radius 2 is 2.10 bits per heavy atom. The predicted molar refractivity (Wildman–Crippen MR) is 80.1 cm³/mol. The van der Waals surface area contributed by atoms with Crippen molar-refractivity contribution in [2.45, 2.75) is 10.6 Å². The Bertz CT molecular complexity index is 632. The summed E-state index contributed by atoms with van der Waals surface area (Å²) in [6.45, 7) is 0. The van der Waals surface area contributed by atoms with Crippen LogP contribution in [0.3, 0.4) is 0 Å². The van der Waals surface area contributed by atoms with Crippen LogP contribution in [0.25, 0.3) is 0 Å². The molecule has 0 radical (unpaired) electrons. The number of nitrogens with zero attached hydrogens (tertiary/aromatic N) is 1. The van der Waals surface area contributed by atoms with Crippen molar-refractivity contribution in [3.8, 4) is 5.75 Å². The summed E-state index contributed by atoms with van der Waals surface area (Å²) >= 11 is 1.56. The van der Waals surface area contributed by atoms with Gasteiger partial charge in [0, 0.05) is 28.5 Å². The zero-order chi connectivity index (χ0) is 14.5. The highest BCUT2D eigenvalue weighted by Gasteiger charge is 2.09. The molecule has 0 spiro atoms. The molecule has 0 unspecified atom stereocenters. The summed E-state index contributed by atoms with van der Waals surface area (Å²) < 4.78 is 5.15. The first-order chi connectivity index (χ1) is 9.60. The molecule has 0 aliphatic carbocycles. The van der Waals surface area contributed by atoms with Crippen LogP contribution in [0.5, 0.6) is 5.75 Å². The quantitative estimate of drug-likeness (QED) is 0.395. The van der Waals surface area contributed by atoms with Gasteiger partial charge in [-0.2, -0.15) is 0 Å². The number of ether oxygens (including phenoxy) is 1. The van der Waals surface area contributed by atoms with Gasteiger partial charge in [-0.25, -0.2) is 0 Å². The minimum atomic E-state index is -0.418. The molecule has 2 aromatic carbocycles. The molecule has 2 N–H and O–H groups in total. The van der Waals surface area contributed by atoms with E-state index in [4.69, 9.17) is 10.5 Å². The van der Waals surface area contributed by atoms with E-state index in [1.165, 1.54) is 12.1 Å². The van der Waals surface area contributed by atoms with Crippen LogP contribution in [-0.2, 0) is 5.75 Å². The number of hydrogen-bond acceptors (Lipinski definition) is 5. The van der Waals surface area contributed by atoms with E-state index in [1.807, 2.05) is 24.3 Å². The molecule has 0 saturated carbocycles. The monoisotopic (exact) mass is 290 g/mol. The Kier molecular flexibility index (Phi) is 4.47. The smallest absolute Gasteiger partial charge is 0.269 e. The van der Waals surface area contributed by atoms with E-state index >= 15 is 0 Å². The first kappa shape index (κ1) is 14.2. The van der Waals surface area contributed by atoms with Crippen molar-refractivity contribution in [2.24, 2.45) is 0 Å². The second-order valence-electron chi connectivity index (χ2n) is 4.11. The average Bonchev–Trinajstić information content (AvgIpc) is 2.46. The molecule has 0 aliphatic heterocycles. The lowest BCUT2D eigenvalue weighted by molar-refractivity contribution is -0.384. The van der Waals surface area contributed by atoms with Crippen molar-refractivity contribution in [3.63, 3.8) is 0 Å². The summed E-state index contributed by atoms with van der Waals surface area (Å²) in [4.78, 5) is 11.4. The SMILES string of the molecule is COc1cccc(SCc2cc([N+](=O)[O-])ccc2N)c1. The van der Waals surface area contributed by atoms with E-state index in [9.17, 15) is 10.1 Å². The highest BCUT2D eigenvalue weighted by molar-refractivity contribution is 7.98. The highest BCUT2D eigenvalue weighted by Crippen LogP contribution is 2.29. The van der Waals surface area contributed by atoms with Crippen LogP contribution >= 0.6 is 11.8 Å². The number of nitro groups is 1. The predicted octanol–water partition coefficient (Wildman–Crippen LogP) is 3.48. The van der Waals surface area contributed by atoms with E-state index in [-0.39, 0.29) is 5.69 Å². The molecule has 0 saturated heterocycles. The Balaban J connectivity index is 2.13. The fraction of sp³-hybridized carbons (Fsp3) is 0.143. The molecule has 0 bridgehead atoms. The molecule has 0 atom stereocenters. The van der Waals surface area contributed by atoms with Gasteiger partial charge in [0.2, 0.25) is 0 Å². The van der Waals surface area contributed by atoms with Crippen LogP contribution in [0.1, 0.15) is 5.56 Å². The number of rotatable bonds is 5.